The first kappa shape index (κ1) is 21.8. The number of urea groups is 1. The fourth-order valence-electron chi connectivity index (χ4n) is 5.80. The van der Waals surface area contributed by atoms with Crippen LogP contribution in [0.3, 0.4) is 0 Å². The topological polar surface area (TPSA) is 105 Å². The number of amides is 2. The number of aliphatic hydroxyl groups is 1. The van der Waals surface area contributed by atoms with Crippen molar-refractivity contribution in [3.8, 4) is 6.07 Å². The monoisotopic (exact) mass is 446 g/mol. The zero-order chi connectivity index (χ0) is 23.1. The van der Waals surface area contributed by atoms with Gasteiger partial charge in [-0.25, -0.2) is 14.8 Å². The molecular formula is C25H30N6O2. The van der Waals surface area contributed by atoms with Gasteiger partial charge >= 0.3 is 6.03 Å². The number of carbonyl (C=O) groups excluding carboxylic acids is 1. The van der Waals surface area contributed by atoms with E-state index >= 15 is 0 Å². The summed E-state index contributed by atoms with van der Waals surface area (Å²) in [4.78, 5) is 25.4. The second-order valence-electron chi connectivity index (χ2n) is 9.83. The van der Waals surface area contributed by atoms with Crippen molar-refractivity contribution in [1.29, 1.82) is 5.26 Å². The molecule has 2 heterocycles. The van der Waals surface area contributed by atoms with Crippen molar-refractivity contribution in [3.63, 3.8) is 0 Å². The van der Waals surface area contributed by atoms with Gasteiger partial charge in [-0.3, -0.25) is 4.90 Å². The molecule has 1 aromatic carbocycles. The Labute approximate surface area is 194 Å². The largest absolute Gasteiger partial charge is 0.388 e. The molecule has 1 spiro atoms. The lowest BCUT2D eigenvalue weighted by Gasteiger charge is -2.50. The molecule has 2 saturated carbocycles. The Morgan fingerprint density at radius 3 is 2.30 bits per heavy atom. The number of nitriles is 1. The number of nitrogens with zero attached hydrogens (tertiary/aromatic N) is 5. The lowest BCUT2D eigenvalue weighted by Crippen LogP contribution is -2.59. The second kappa shape index (κ2) is 8.08. The van der Waals surface area contributed by atoms with E-state index < -0.39 is 5.60 Å². The predicted molar refractivity (Wildman–Crippen MR) is 123 cm³/mol. The highest BCUT2D eigenvalue weighted by atomic mass is 16.3. The predicted octanol–water partition coefficient (Wildman–Crippen LogP) is 2.93. The number of anilines is 1. The van der Waals surface area contributed by atoms with E-state index in [1.807, 2.05) is 24.1 Å². The molecule has 1 aromatic heterocycles. The number of benzene rings is 1. The lowest BCUT2D eigenvalue weighted by molar-refractivity contribution is -0.0690. The molecule has 1 saturated heterocycles. The Morgan fingerprint density at radius 1 is 1.09 bits per heavy atom. The smallest absolute Gasteiger partial charge is 0.325 e. The zero-order valence-electron chi connectivity index (χ0n) is 19.0. The summed E-state index contributed by atoms with van der Waals surface area (Å²) in [5.41, 5.74) is 0.588. The van der Waals surface area contributed by atoms with E-state index in [4.69, 9.17) is 5.26 Å². The molecule has 0 radical (unpaired) electrons. The summed E-state index contributed by atoms with van der Waals surface area (Å²) in [7, 11) is 2.01. The summed E-state index contributed by atoms with van der Waals surface area (Å²) in [5, 5.41) is 23.6. The number of hydrogen-bond acceptors (Lipinski definition) is 6. The van der Waals surface area contributed by atoms with Crippen LogP contribution in [-0.4, -0.2) is 57.3 Å². The first-order valence-electron chi connectivity index (χ1n) is 11.7. The van der Waals surface area contributed by atoms with Crippen molar-refractivity contribution >= 4 is 11.7 Å². The van der Waals surface area contributed by atoms with Crippen LogP contribution in [0, 0.1) is 11.3 Å². The summed E-state index contributed by atoms with van der Waals surface area (Å²) in [6.07, 6.45) is 9.01. The zero-order valence-corrected chi connectivity index (χ0v) is 19.0. The molecule has 0 atom stereocenters. The fraction of sp³-hybridized carbons (Fsp3) is 0.520. The number of β-amino-alcohol motifs (C(OH)–C–C–N with tert-alkyl or cyclic N) is 1. The van der Waals surface area contributed by atoms with Crippen molar-refractivity contribution < 1.29 is 9.90 Å². The van der Waals surface area contributed by atoms with E-state index in [1.165, 1.54) is 5.56 Å². The minimum atomic E-state index is -0.795. The van der Waals surface area contributed by atoms with Gasteiger partial charge in [0.2, 0.25) is 5.82 Å². The van der Waals surface area contributed by atoms with E-state index in [0.717, 1.165) is 44.9 Å². The quantitative estimate of drug-likeness (QED) is 0.732. The van der Waals surface area contributed by atoms with E-state index in [2.05, 4.69) is 39.6 Å². The van der Waals surface area contributed by atoms with Gasteiger partial charge in [0.05, 0.1) is 42.3 Å². The maximum atomic E-state index is 13.7. The second-order valence-corrected chi connectivity index (χ2v) is 9.83. The SMILES string of the molecule is CN[C@]1(c2ccccc2)CC[C@@]2(CC1)CN(c1cnc(C#N)nc1)C(=O)N2CC1(O)CCC1. The van der Waals surface area contributed by atoms with Crippen LogP contribution in [0.15, 0.2) is 42.7 Å². The van der Waals surface area contributed by atoms with Crippen molar-refractivity contribution in [3.05, 3.63) is 54.1 Å². The molecule has 2 amide bonds. The number of nitrogens with one attached hydrogen (secondary N) is 1. The Hall–Kier alpha value is -3.02. The third kappa shape index (κ3) is 3.65. The third-order valence-electron chi connectivity index (χ3n) is 8.11. The number of hydrogen-bond donors (Lipinski definition) is 2. The van der Waals surface area contributed by atoms with E-state index in [0.29, 0.717) is 18.8 Å². The van der Waals surface area contributed by atoms with Gasteiger partial charge < -0.3 is 15.3 Å². The van der Waals surface area contributed by atoms with Crippen LogP contribution in [0.4, 0.5) is 10.5 Å². The first-order valence-corrected chi connectivity index (χ1v) is 11.7. The Bertz CT molecular complexity index is 1050. The molecule has 0 unspecified atom stereocenters. The maximum absolute atomic E-state index is 13.7. The molecule has 1 aliphatic heterocycles. The molecule has 2 N–H and O–H groups in total. The van der Waals surface area contributed by atoms with Crippen LogP contribution in [-0.2, 0) is 5.54 Å². The van der Waals surface area contributed by atoms with Crippen molar-refractivity contribution in [2.24, 2.45) is 0 Å². The Kier molecular flexibility index (Phi) is 5.34. The molecule has 8 heteroatoms. The highest BCUT2D eigenvalue weighted by Crippen LogP contribution is 2.48. The molecule has 3 fully saturated rings. The molecule has 2 aromatic rings. The standard InChI is InChI=1S/C25H30N6O2/c1-27-25(19-6-3-2-4-7-19)12-10-23(11-13-25)17-30(20-15-28-21(14-26)29-16-20)22(32)31(23)18-24(33)8-5-9-24/h2-4,6-7,15-16,27,33H,5,8-13,17-18H2,1H3/t23-,25-. The molecule has 0 bridgehead atoms. The lowest BCUT2D eigenvalue weighted by atomic mass is 9.68. The summed E-state index contributed by atoms with van der Waals surface area (Å²) >= 11 is 0. The summed E-state index contributed by atoms with van der Waals surface area (Å²) in [6.45, 7) is 0.892. The summed E-state index contributed by atoms with van der Waals surface area (Å²) < 4.78 is 0. The van der Waals surface area contributed by atoms with Crippen LogP contribution in [0.25, 0.3) is 0 Å². The Morgan fingerprint density at radius 2 is 1.76 bits per heavy atom. The van der Waals surface area contributed by atoms with Gasteiger partial charge in [0.1, 0.15) is 6.07 Å². The minimum absolute atomic E-state index is 0.0834. The van der Waals surface area contributed by atoms with Crippen LogP contribution >= 0.6 is 0 Å². The summed E-state index contributed by atoms with van der Waals surface area (Å²) in [5.74, 6) is 0.0834. The fourth-order valence-corrected chi connectivity index (χ4v) is 5.80. The van der Waals surface area contributed by atoms with Gasteiger partial charge in [0.15, 0.2) is 0 Å². The van der Waals surface area contributed by atoms with Gasteiger partial charge in [-0.1, -0.05) is 30.3 Å². The first-order chi connectivity index (χ1) is 15.9. The average molecular weight is 447 g/mol. The molecule has 5 rings (SSSR count). The van der Waals surface area contributed by atoms with E-state index in [-0.39, 0.29) is 22.9 Å². The van der Waals surface area contributed by atoms with Crippen molar-refractivity contribution in [2.45, 2.75) is 61.6 Å². The highest BCUT2D eigenvalue weighted by Gasteiger charge is 2.56. The van der Waals surface area contributed by atoms with E-state index in [9.17, 15) is 9.90 Å². The molecule has 8 nitrogen and oxygen atoms in total. The molecular weight excluding hydrogens is 416 g/mol. The number of rotatable bonds is 5. The highest BCUT2D eigenvalue weighted by molar-refractivity contribution is 5.95. The van der Waals surface area contributed by atoms with Gasteiger partial charge in [0.25, 0.3) is 0 Å². The number of carbonyl (C=O) groups is 1. The molecule has 172 valence electrons. The third-order valence-corrected chi connectivity index (χ3v) is 8.11. The van der Waals surface area contributed by atoms with Crippen molar-refractivity contribution in [2.75, 3.05) is 25.0 Å². The van der Waals surface area contributed by atoms with Crippen LogP contribution in [0.5, 0.6) is 0 Å². The maximum Gasteiger partial charge on any atom is 0.325 e. The van der Waals surface area contributed by atoms with Gasteiger partial charge in [-0.05, 0) is 57.6 Å². The van der Waals surface area contributed by atoms with Gasteiger partial charge in [-0.2, -0.15) is 5.26 Å². The Balaban J connectivity index is 1.45. The van der Waals surface area contributed by atoms with Gasteiger partial charge in [-0.15, -0.1) is 0 Å². The minimum Gasteiger partial charge on any atom is -0.388 e. The molecule has 33 heavy (non-hydrogen) atoms. The molecule has 3 aliphatic rings. The van der Waals surface area contributed by atoms with E-state index in [1.54, 1.807) is 17.3 Å². The van der Waals surface area contributed by atoms with Gasteiger partial charge in [0, 0.05) is 5.54 Å². The van der Waals surface area contributed by atoms with Crippen molar-refractivity contribution in [1.82, 2.24) is 20.2 Å². The average Bonchev–Trinajstić information content (AvgIpc) is 3.10. The molecule has 2 aliphatic carbocycles. The number of aromatic nitrogens is 2. The normalized spacial score (nSPS) is 28.6. The van der Waals surface area contributed by atoms with Crippen LogP contribution in [0.1, 0.15) is 56.3 Å². The van der Waals surface area contributed by atoms with Crippen LogP contribution in [0.2, 0.25) is 0 Å². The van der Waals surface area contributed by atoms with Crippen LogP contribution < -0.4 is 10.2 Å². The summed E-state index contributed by atoms with van der Waals surface area (Å²) in [6, 6.07) is 12.3.